The summed E-state index contributed by atoms with van der Waals surface area (Å²) in [4.78, 5) is 18.2. The van der Waals surface area contributed by atoms with Gasteiger partial charge in [-0.2, -0.15) is 6.42 Å². The molecule has 0 heterocycles. The van der Waals surface area contributed by atoms with Gasteiger partial charge in [-0.3, -0.25) is 0 Å². The van der Waals surface area contributed by atoms with E-state index in [1.165, 1.54) is 26.7 Å². The minimum absolute atomic E-state index is 0. The molecule has 0 rings (SSSR count). The Labute approximate surface area is 102 Å². The normalized spacial score (nSPS) is 6.57. The molecule has 5 heteroatoms. The van der Waals surface area contributed by atoms with E-state index < -0.39 is 11.8 Å². The summed E-state index contributed by atoms with van der Waals surface area (Å²) in [6.45, 7) is 8.24. The number of hydrogen-bond acceptors (Lipinski definition) is 2. The average molecular weight is 368 g/mol. The van der Waals surface area contributed by atoms with Crippen molar-refractivity contribution in [3.63, 3.8) is 0 Å². The molecule has 0 bridgehead atoms. The molecule has 0 saturated heterocycles. The van der Waals surface area contributed by atoms with Crippen LogP contribution in [0, 0.1) is 6.92 Å². The van der Waals surface area contributed by atoms with Gasteiger partial charge in [0.25, 0.3) is 0 Å². The van der Waals surface area contributed by atoms with Crippen LogP contribution in [0.1, 0.15) is 40.0 Å². The van der Waals surface area contributed by atoms with Gasteiger partial charge in [-0.05, 0) is 13.8 Å². The van der Waals surface area contributed by atoms with E-state index in [1.54, 1.807) is 0 Å². The molecule has 4 nitrogen and oxygen atoms in total. The molecule has 0 unspecified atom stereocenters. The molecule has 2 N–H and O–H groups in total. The van der Waals surface area contributed by atoms with Crippen LogP contribution in [-0.2, 0) is 32.0 Å². The SMILES string of the molecule is CC([NH-])=O.CC([NH-])=O.[CH2-]CCCC.[Ta]. The van der Waals surface area contributed by atoms with Crippen LogP contribution in [0.4, 0.5) is 0 Å². The molecule has 0 atom stereocenters. The average Bonchev–Trinajstić information content (AvgIpc) is 1.86. The van der Waals surface area contributed by atoms with Gasteiger partial charge in [0.05, 0.1) is 0 Å². The quantitative estimate of drug-likeness (QED) is 0.702. The zero-order valence-corrected chi connectivity index (χ0v) is 12.3. The minimum atomic E-state index is -0.583. The van der Waals surface area contributed by atoms with Crippen molar-refractivity contribution in [2.45, 2.75) is 40.0 Å². The third kappa shape index (κ3) is 472. The van der Waals surface area contributed by atoms with Gasteiger partial charge in [-0.1, -0.05) is 19.8 Å². The summed E-state index contributed by atoms with van der Waals surface area (Å²) in [6, 6.07) is 0. The van der Waals surface area contributed by atoms with Crippen LogP contribution < -0.4 is 0 Å². The molecule has 1 radical (unpaired) electrons. The summed E-state index contributed by atoms with van der Waals surface area (Å²) >= 11 is 0. The van der Waals surface area contributed by atoms with E-state index in [0.29, 0.717) is 0 Å². The topological polar surface area (TPSA) is 81.7 Å². The molecule has 0 aromatic carbocycles. The van der Waals surface area contributed by atoms with Crippen molar-refractivity contribution >= 4 is 11.8 Å². The first-order valence-electron chi connectivity index (χ1n) is 4.12. The molecule has 0 saturated carbocycles. The third-order valence-corrected chi connectivity index (χ3v) is 0.604. The molecule has 0 spiro atoms. The van der Waals surface area contributed by atoms with Gasteiger partial charge in [-0.25, -0.2) is 0 Å². The zero-order valence-electron chi connectivity index (χ0n) is 9.09. The maximum absolute atomic E-state index is 9.11. The van der Waals surface area contributed by atoms with E-state index in [1.807, 2.05) is 0 Å². The Bertz CT molecular complexity index is 108. The molecular formula is C9H19N2O2Ta-3. The predicted molar refractivity (Wildman–Crippen MR) is 54.9 cm³/mol. The van der Waals surface area contributed by atoms with Gasteiger partial charge in [-0.15, -0.1) is 0 Å². The van der Waals surface area contributed by atoms with Gasteiger partial charge in [0.2, 0.25) is 0 Å². The first-order chi connectivity index (χ1) is 5.88. The summed E-state index contributed by atoms with van der Waals surface area (Å²) in [6.07, 6.45) is 3.65. The molecule has 2 amide bonds. The van der Waals surface area contributed by atoms with Crippen molar-refractivity contribution in [1.29, 1.82) is 0 Å². The van der Waals surface area contributed by atoms with Crippen LogP contribution in [0.2, 0.25) is 0 Å². The van der Waals surface area contributed by atoms with Crippen molar-refractivity contribution in [2.75, 3.05) is 0 Å². The van der Waals surface area contributed by atoms with Crippen molar-refractivity contribution in [3.8, 4) is 0 Å². The summed E-state index contributed by atoms with van der Waals surface area (Å²) in [5.74, 6) is -1.17. The van der Waals surface area contributed by atoms with Crippen LogP contribution in [0.3, 0.4) is 0 Å². The van der Waals surface area contributed by atoms with E-state index in [4.69, 9.17) is 21.1 Å². The number of amides is 2. The molecule has 0 aliphatic heterocycles. The summed E-state index contributed by atoms with van der Waals surface area (Å²) in [5, 5.41) is 0. The molecular weight excluding hydrogens is 349 g/mol. The molecule has 14 heavy (non-hydrogen) atoms. The fourth-order valence-corrected chi connectivity index (χ4v) is 0.250. The Balaban J connectivity index is -0.0000000522. The van der Waals surface area contributed by atoms with Crippen LogP contribution in [0.5, 0.6) is 0 Å². The van der Waals surface area contributed by atoms with Crippen molar-refractivity contribution in [3.05, 3.63) is 18.4 Å². The second-order valence-electron chi connectivity index (χ2n) is 2.32. The van der Waals surface area contributed by atoms with E-state index in [0.717, 1.165) is 6.42 Å². The maximum Gasteiger partial charge on any atom is 0.0456 e. The van der Waals surface area contributed by atoms with E-state index in [-0.39, 0.29) is 22.4 Å². The smallest absolute Gasteiger partial charge is 0.0456 e. The van der Waals surface area contributed by atoms with E-state index in [9.17, 15) is 0 Å². The summed E-state index contributed by atoms with van der Waals surface area (Å²) in [5.41, 5.74) is 11.9. The Morgan fingerprint density at radius 3 is 1.36 bits per heavy atom. The van der Waals surface area contributed by atoms with Crippen molar-refractivity contribution < 1.29 is 32.0 Å². The number of rotatable bonds is 2. The van der Waals surface area contributed by atoms with Crippen molar-refractivity contribution in [2.24, 2.45) is 0 Å². The van der Waals surface area contributed by atoms with Gasteiger partial charge >= 0.3 is 0 Å². The molecule has 85 valence electrons. The van der Waals surface area contributed by atoms with Crippen LogP contribution in [-0.4, -0.2) is 11.8 Å². The summed E-state index contributed by atoms with van der Waals surface area (Å²) < 4.78 is 0. The second kappa shape index (κ2) is 23.0. The third-order valence-electron chi connectivity index (χ3n) is 0.604. The molecule has 0 aromatic rings. The van der Waals surface area contributed by atoms with Gasteiger partial charge in [0.15, 0.2) is 0 Å². The number of unbranched alkanes of at least 4 members (excludes halogenated alkanes) is 2. The largest absolute Gasteiger partial charge is 0.668 e. The standard InChI is InChI=1S/C5H11.2C2H5NO.Ta/c1-3-5-4-2;2*1-2(3)4;/h1,3-5H2,2H3;2*1H3,(H2,3,4);/q-1;;;/p-2. The fraction of sp³-hybridized carbons (Fsp3) is 0.667. The zero-order chi connectivity index (χ0) is 11.3. The number of hydrogen-bond donors (Lipinski definition) is 0. The van der Waals surface area contributed by atoms with E-state index >= 15 is 0 Å². The minimum Gasteiger partial charge on any atom is -0.668 e. The molecule has 0 fully saturated rings. The van der Waals surface area contributed by atoms with Crippen LogP contribution >= 0.6 is 0 Å². The van der Waals surface area contributed by atoms with Crippen LogP contribution in [0.15, 0.2) is 0 Å². The number of carbonyl (C=O) groups is 2. The predicted octanol–water partition coefficient (Wildman–Crippen LogP) is 3.18. The van der Waals surface area contributed by atoms with Crippen molar-refractivity contribution in [1.82, 2.24) is 0 Å². The number of carbonyl (C=O) groups excluding carboxylic acids is 2. The molecule has 0 aliphatic rings. The first kappa shape index (κ1) is 23.5. The Hall–Kier alpha value is -0.320. The van der Waals surface area contributed by atoms with Gasteiger partial charge < -0.3 is 28.0 Å². The Kier molecular flexibility index (Phi) is 38.5. The molecule has 0 aliphatic carbocycles. The Morgan fingerprint density at radius 1 is 1.14 bits per heavy atom. The Morgan fingerprint density at radius 2 is 1.36 bits per heavy atom. The summed E-state index contributed by atoms with van der Waals surface area (Å²) in [7, 11) is 0. The first-order valence-corrected chi connectivity index (χ1v) is 4.12. The maximum atomic E-state index is 9.11. The van der Waals surface area contributed by atoms with E-state index in [2.05, 4.69) is 13.8 Å². The number of nitrogens with one attached hydrogen (secondary N) is 2. The van der Waals surface area contributed by atoms with Gasteiger partial charge in [0, 0.05) is 34.2 Å². The second-order valence-corrected chi connectivity index (χ2v) is 2.32. The van der Waals surface area contributed by atoms with Crippen LogP contribution in [0.25, 0.3) is 11.5 Å². The molecule has 0 aromatic heterocycles. The van der Waals surface area contributed by atoms with Gasteiger partial charge in [0.1, 0.15) is 0 Å². The monoisotopic (exact) mass is 368 g/mol. The fourth-order valence-electron chi connectivity index (χ4n) is 0.250.